The highest BCUT2D eigenvalue weighted by Gasteiger charge is 2.08. The first-order valence-corrected chi connectivity index (χ1v) is 9.00. The van der Waals surface area contributed by atoms with Crippen LogP contribution in [0.1, 0.15) is 16.1 Å². The van der Waals surface area contributed by atoms with Crippen molar-refractivity contribution in [1.82, 2.24) is 15.3 Å². The van der Waals surface area contributed by atoms with Crippen molar-refractivity contribution in [1.29, 1.82) is 0 Å². The minimum Gasteiger partial charge on any atom is -0.497 e. The zero-order chi connectivity index (χ0) is 20.5. The molecule has 0 aliphatic carbocycles. The van der Waals surface area contributed by atoms with Crippen molar-refractivity contribution in [3.63, 3.8) is 0 Å². The van der Waals surface area contributed by atoms with Gasteiger partial charge in [-0.3, -0.25) is 4.79 Å². The summed E-state index contributed by atoms with van der Waals surface area (Å²) in [7, 11) is 1.60. The third kappa shape index (κ3) is 6.17. The number of amides is 1. The highest BCUT2D eigenvalue weighted by atomic mass is 19.1. The van der Waals surface area contributed by atoms with Crippen LogP contribution in [0.4, 0.5) is 10.3 Å². The molecule has 2 N–H and O–H groups in total. The number of benzene rings is 2. The van der Waals surface area contributed by atoms with Gasteiger partial charge in [-0.1, -0.05) is 12.1 Å². The Morgan fingerprint density at radius 2 is 1.76 bits per heavy atom. The van der Waals surface area contributed by atoms with Gasteiger partial charge in [-0.2, -0.15) is 0 Å². The molecule has 1 heterocycles. The molecule has 0 bridgehead atoms. The van der Waals surface area contributed by atoms with E-state index in [1.165, 1.54) is 24.4 Å². The fourth-order valence-corrected chi connectivity index (χ4v) is 2.45. The molecule has 0 spiro atoms. The maximum atomic E-state index is 12.9. The number of ether oxygens (including phenoxy) is 2. The molecule has 2 aromatic carbocycles. The first-order chi connectivity index (χ1) is 14.1. The monoisotopic (exact) mass is 396 g/mol. The highest BCUT2D eigenvalue weighted by Crippen LogP contribution is 2.16. The second-order valence-electron chi connectivity index (χ2n) is 6.03. The maximum absolute atomic E-state index is 12.9. The van der Waals surface area contributed by atoms with Gasteiger partial charge in [0.1, 0.15) is 29.6 Å². The van der Waals surface area contributed by atoms with Gasteiger partial charge >= 0.3 is 0 Å². The van der Waals surface area contributed by atoms with E-state index < -0.39 is 0 Å². The van der Waals surface area contributed by atoms with Crippen LogP contribution in [0, 0.1) is 5.82 Å². The summed E-state index contributed by atoms with van der Waals surface area (Å²) < 4.78 is 23.6. The normalized spacial score (nSPS) is 10.3. The minimum atomic E-state index is -0.324. The number of nitrogens with one attached hydrogen (secondary N) is 2. The van der Waals surface area contributed by atoms with Crippen LogP contribution in [0.5, 0.6) is 11.5 Å². The molecular weight excluding hydrogens is 375 g/mol. The lowest BCUT2D eigenvalue weighted by Crippen LogP contribution is -2.29. The number of carbonyl (C=O) groups excluding carboxylic acids is 1. The molecule has 7 nitrogen and oxygen atoms in total. The predicted octanol–water partition coefficient (Wildman–Crippen LogP) is 3.05. The zero-order valence-electron chi connectivity index (χ0n) is 15.9. The largest absolute Gasteiger partial charge is 0.497 e. The number of methoxy groups -OCH3 is 1. The van der Waals surface area contributed by atoms with E-state index in [9.17, 15) is 9.18 Å². The van der Waals surface area contributed by atoms with E-state index >= 15 is 0 Å². The van der Waals surface area contributed by atoms with Gasteiger partial charge in [0, 0.05) is 12.7 Å². The quantitative estimate of drug-likeness (QED) is 0.541. The van der Waals surface area contributed by atoms with Crippen molar-refractivity contribution in [3.8, 4) is 11.5 Å². The predicted molar refractivity (Wildman–Crippen MR) is 107 cm³/mol. The minimum absolute atomic E-state index is 0.242. The van der Waals surface area contributed by atoms with E-state index in [2.05, 4.69) is 20.6 Å². The molecule has 0 saturated carbocycles. The van der Waals surface area contributed by atoms with Crippen molar-refractivity contribution >= 4 is 11.9 Å². The Balaban J connectivity index is 1.45. The lowest BCUT2D eigenvalue weighted by atomic mass is 10.2. The molecule has 0 fully saturated rings. The molecule has 1 aromatic heterocycles. The molecule has 1 amide bonds. The second-order valence-corrected chi connectivity index (χ2v) is 6.03. The van der Waals surface area contributed by atoms with Crippen LogP contribution in [0.2, 0.25) is 0 Å². The standard InChI is InChI=1S/C21H21FN4O3/c1-28-17-6-8-18(9-7-17)29-13-12-23-20(27)19-10-11-24-21(26-19)25-14-15-2-4-16(22)5-3-15/h2-11H,12-14H2,1H3,(H,23,27)(H,24,25,26). The van der Waals surface area contributed by atoms with Crippen LogP contribution in [-0.2, 0) is 6.54 Å². The van der Waals surface area contributed by atoms with E-state index in [1.807, 2.05) is 0 Å². The third-order valence-electron chi connectivity index (χ3n) is 3.97. The first-order valence-electron chi connectivity index (χ1n) is 9.00. The van der Waals surface area contributed by atoms with E-state index in [4.69, 9.17) is 9.47 Å². The SMILES string of the molecule is COc1ccc(OCCNC(=O)c2ccnc(NCc3ccc(F)cc3)n2)cc1. The summed E-state index contributed by atoms with van der Waals surface area (Å²) in [5.41, 5.74) is 1.12. The molecule has 0 saturated heterocycles. The van der Waals surface area contributed by atoms with E-state index in [0.717, 1.165) is 11.3 Å². The number of nitrogens with zero attached hydrogens (tertiary/aromatic N) is 2. The lowest BCUT2D eigenvalue weighted by Gasteiger charge is -2.09. The molecule has 150 valence electrons. The Kier molecular flexibility index (Phi) is 6.94. The van der Waals surface area contributed by atoms with Gasteiger partial charge in [0.2, 0.25) is 5.95 Å². The summed E-state index contributed by atoms with van der Waals surface area (Å²) in [5, 5.41) is 5.76. The molecule has 0 unspecified atom stereocenters. The summed E-state index contributed by atoms with van der Waals surface area (Å²) >= 11 is 0. The average Bonchev–Trinajstić information content (AvgIpc) is 2.77. The van der Waals surface area contributed by atoms with Gasteiger partial charge < -0.3 is 20.1 Å². The Morgan fingerprint density at radius 1 is 1.03 bits per heavy atom. The smallest absolute Gasteiger partial charge is 0.270 e. The summed E-state index contributed by atoms with van der Waals surface area (Å²) in [6, 6.07) is 14.8. The molecule has 8 heteroatoms. The van der Waals surface area contributed by atoms with Crippen LogP contribution in [0.25, 0.3) is 0 Å². The van der Waals surface area contributed by atoms with E-state index in [-0.39, 0.29) is 17.4 Å². The molecule has 0 aliphatic rings. The van der Waals surface area contributed by atoms with Crippen molar-refractivity contribution in [2.75, 3.05) is 25.6 Å². The van der Waals surface area contributed by atoms with Crippen molar-refractivity contribution in [2.24, 2.45) is 0 Å². The van der Waals surface area contributed by atoms with Crippen molar-refractivity contribution in [3.05, 3.63) is 77.9 Å². The number of halogens is 1. The zero-order valence-corrected chi connectivity index (χ0v) is 15.9. The number of anilines is 1. The number of hydrogen-bond acceptors (Lipinski definition) is 6. The summed E-state index contributed by atoms with van der Waals surface area (Å²) in [6.45, 7) is 1.06. The Labute approximate surface area is 167 Å². The molecule has 0 radical (unpaired) electrons. The number of carbonyl (C=O) groups is 1. The Hall–Kier alpha value is -3.68. The molecular formula is C21H21FN4O3. The Morgan fingerprint density at radius 3 is 2.48 bits per heavy atom. The maximum Gasteiger partial charge on any atom is 0.270 e. The first kappa shape index (κ1) is 20.1. The molecule has 3 rings (SSSR count). The average molecular weight is 396 g/mol. The third-order valence-corrected chi connectivity index (χ3v) is 3.97. The molecule has 0 aliphatic heterocycles. The van der Waals surface area contributed by atoms with E-state index in [0.29, 0.717) is 31.4 Å². The van der Waals surface area contributed by atoms with Crippen molar-refractivity contribution < 1.29 is 18.7 Å². The van der Waals surface area contributed by atoms with Gasteiger partial charge in [-0.05, 0) is 48.0 Å². The highest BCUT2D eigenvalue weighted by molar-refractivity contribution is 5.92. The summed E-state index contributed by atoms with van der Waals surface area (Å²) in [6.07, 6.45) is 1.50. The number of hydrogen-bond donors (Lipinski definition) is 2. The molecule has 3 aromatic rings. The number of aromatic nitrogens is 2. The van der Waals surface area contributed by atoms with Gasteiger partial charge in [0.15, 0.2) is 0 Å². The van der Waals surface area contributed by atoms with Crippen LogP contribution in [0.15, 0.2) is 60.8 Å². The van der Waals surface area contributed by atoms with Crippen LogP contribution in [-0.4, -0.2) is 36.1 Å². The van der Waals surface area contributed by atoms with Crippen molar-refractivity contribution in [2.45, 2.75) is 6.54 Å². The summed E-state index contributed by atoms with van der Waals surface area (Å²) in [5.74, 6) is 1.14. The van der Waals surface area contributed by atoms with Crippen LogP contribution in [0.3, 0.4) is 0 Å². The fraction of sp³-hybridized carbons (Fsp3) is 0.190. The fourth-order valence-electron chi connectivity index (χ4n) is 2.45. The van der Waals surface area contributed by atoms with Crippen LogP contribution >= 0.6 is 0 Å². The summed E-state index contributed by atoms with van der Waals surface area (Å²) in [4.78, 5) is 20.6. The Bertz CT molecular complexity index is 933. The molecule has 0 atom stereocenters. The van der Waals surface area contributed by atoms with Gasteiger partial charge in [-0.15, -0.1) is 0 Å². The molecule has 29 heavy (non-hydrogen) atoms. The van der Waals surface area contributed by atoms with Gasteiger partial charge in [0.25, 0.3) is 5.91 Å². The van der Waals surface area contributed by atoms with Crippen LogP contribution < -0.4 is 20.1 Å². The lowest BCUT2D eigenvalue weighted by molar-refractivity contribution is 0.0942. The van der Waals surface area contributed by atoms with Gasteiger partial charge in [0.05, 0.1) is 13.7 Å². The van der Waals surface area contributed by atoms with E-state index in [1.54, 1.807) is 43.5 Å². The van der Waals surface area contributed by atoms with Gasteiger partial charge in [-0.25, -0.2) is 14.4 Å². The second kappa shape index (κ2) is 10.0. The number of rotatable bonds is 9. The topological polar surface area (TPSA) is 85.4 Å².